The maximum absolute atomic E-state index is 12.2. The SMILES string of the molecule is Cl.Cl.NNC12CC(C(F)(F)F)(C1)C2. The van der Waals surface area contributed by atoms with Crippen molar-refractivity contribution in [1.29, 1.82) is 0 Å². The Morgan fingerprint density at radius 3 is 1.69 bits per heavy atom. The van der Waals surface area contributed by atoms with Crippen LogP contribution in [0.25, 0.3) is 0 Å². The van der Waals surface area contributed by atoms with Gasteiger partial charge in [0.1, 0.15) is 0 Å². The summed E-state index contributed by atoms with van der Waals surface area (Å²) >= 11 is 0. The molecule has 3 saturated carbocycles. The molecule has 7 heteroatoms. The van der Waals surface area contributed by atoms with Crippen molar-refractivity contribution in [3.8, 4) is 0 Å². The van der Waals surface area contributed by atoms with Crippen LogP contribution < -0.4 is 11.3 Å². The summed E-state index contributed by atoms with van der Waals surface area (Å²) in [6, 6.07) is 0. The molecule has 3 aliphatic rings. The van der Waals surface area contributed by atoms with E-state index in [1.807, 2.05) is 0 Å². The van der Waals surface area contributed by atoms with Crippen molar-refractivity contribution in [2.75, 3.05) is 0 Å². The summed E-state index contributed by atoms with van der Waals surface area (Å²) in [6.07, 6.45) is -3.52. The number of hydrogen-bond acceptors (Lipinski definition) is 2. The van der Waals surface area contributed by atoms with Gasteiger partial charge in [-0.05, 0) is 19.3 Å². The Hall–Kier alpha value is 0.290. The first-order valence-corrected chi connectivity index (χ1v) is 3.48. The fraction of sp³-hybridized carbons (Fsp3) is 1.00. The van der Waals surface area contributed by atoms with E-state index in [4.69, 9.17) is 5.84 Å². The fourth-order valence-corrected chi connectivity index (χ4v) is 2.24. The number of rotatable bonds is 1. The second-order valence-corrected chi connectivity index (χ2v) is 3.73. The van der Waals surface area contributed by atoms with Crippen LogP contribution in [0.15, 0.2) is 0 Å². The predicted molar refractivity (Wildman–Crippen MR) is 46.9 cm³/mol. The molecule has 0 aromatic heterocycles. The number of hydrogen-bond donors (Lipinski definition) is 2. The summed E-state index contributed by atoms with van der Waals surface area (Å²) in [5.41, 5.74) is 0.699. The summed E-state index contributed by atoms with van der Waals surface area (Å²) < 4.78 is 36.5. The van der Waals surface area contributed by atoms with E-state index in [0.717, 1.165) is 0 Å². The molecule has 0 unspecified atom stereocenters. The first-order chi connectivity index (χ1) is 4.93. The highest BCUT2D eigenvalue weighted by molar-refractivity contribution is 5.85. The summed E-state index contributed by atoms with van der Waals surface area (Å²) in [5, 5.41) is 0. The molecule has 3 rings (SSSR count). The second kappa shape index (κ2) is 3.15. The standard InChI is InChI=1S/C6H9F3N2.2ClH/c7-6(8,9)4-1-5(2-4,3-4)11-10;;/h11H,1-3,10H2;2*1H. The Balaban J connectivity index is 0.000000720. The van der Waals surface area contributed by atoms with Gasteiger partial charge < -0.3 is 0 Å². The Bertz CT molecular complexity index is 187. The van der Waals surface area contributed by atoms with Crippen LogP contribution in [-0.2, 0) is 0 Å². The minimum Gasteiger partial charge on any atom is -0.271 e. The van der Waals surface area contributed by atoms with E-state index < -0.39 is 11.6 Å². The molecule has 0 heterocycles. The molecule has 3 fully saturated rings. The van der Waals surface area contributed by atoms with Crippen LogP contribution in [0.1, 0.15) is 19.3 Å². The van der Waals surface area contributed by atoms with Gasteiger partial charge in [0, 0.05) is 5.54 Å². The molecule has 3 N–H and O–H groups in total. The van der Waals surface area contributed by atoms with Gasteiger partial charge in [-0.25, -0.2) is 0 Å². The van der Waals surface area contributed by atoms with Gasteiger partial charge in [0.2, 0.25) is 0 Å². The maximum Gasteiger partial charge on any atom is 0.394 e. The van der Waals surface area contributed by atoms with Crippen LogP contribution in [0.5, 0.6) is 0 Å². The first kappa shape index (κ1) is 13.3. The lowest BCUT2D eigenvalue weighted by molar-refractivity contribution is -0.339. The smallest absolute Gasteiger partial charge is 0.271 e. The highest BCUT2D eigenvalue weighted by Gasteiger charge is 2.78. The summed E-state index contributed by atoms with van der Waals surface area (Å²) in [7, 11) is 0. The molecule has 0 saturated heterocycles. The second-order valence-electron chi connectivity index (χ2n) is 3.73. The number of halogens is 5. The molecular weight excluding hydrogens is 228 g/mol. The lowest BCUT2D eigenvalue weighted by Gasteiger charge is -2.69. The average Bonchev–Trinajstić information content (AvgIpc) is 1.53. The van der Waals surface area contributed by atoms with E-state index in [-0.39, 0.29) is 49.6 Å². The third-order valence-electron chi connectivity index (χ3n) is 2.94. The van der Waals surface area contributed by atoms with Crippen LogP contribution in [0.3, 0.4) is 0 Å². The van der Waals surface area contributed by atoms with Crippen molar-refractivity contribution in [3.05, 3.63) is 0 Å². The van der Waals surface area contributed by atoms with Gasteiger partial charge in [0.15, 0.2) is 0 Å². The minimum absolute atomic E-state index is 0. The fourth-order valence-electron chi connectivity index (χ4n) is 2.24. The average molecular weight is 239 g/mol. The van der Waals surface area contributed by atoms with Gasteiger partial charge in [-0.15, -0.1) is 24.8 Å². The van der Waals surface area contributed by atoms with Crippen molar-refractivity contribution in [1.82, 2.24) is 5.43 Å². The van der Waals surface area contributed by atoms with Crippen molar-refractivity contribution in [2.45, 2.75) is 31.0 Å². The monoisotopic (exact) mass is 238 g/mol. The van der Waals surface area contributed by atoms with Gasteiger partial charge in [0.25, 0.3) is 0 Å². The molecule has 0 aliphatic heterocycles. The van der Waals surface area contributed by atoms with E-state index in [0.29, 0.717) is 0 Å². The van der Waals surface area contributed by atoms with Gasteiger partial charge >= 0.3 is 6.18 Å². The number of hydrazine groups is 1. The van der Waals surface area contributed by atoms with Crippen LogP contribution in [0, 0.1) is 5.41 Å². The van der Waals surface area contributed by atoms with Gasteiger partial charge in [-0.3, -0.25) is 11.3 Å². The molecular formula is C6H11Cl2F3N2. The highest BCUT2D eigenvalue weighted by Crippen LogP contribution is 2.72. The van der Waals surface area contributed by atoms with Crippen LogP contribution in [0.2, 0.25) is 0 Å². The maximum atomic E-state index is 12.2. The molecule has 2 bridgehead atoms. The molecule has 0 spiro atoms. The molecule has 0 aromatic carbocycles. The molecule has 0 aromatic rings. The number of alkyl halides is 3. The van der Waals surface area contributed by atoms with Crippen LogP contribution in [0.4, 0.5) is 13.2 Å². The molecule has 0 atom stereocenters. The van der Waals surface area contributed by atoms with Gasteiger partial charge in [-0.1, -0.05) is 0 Å². The highest BCUT2D eigenvalue weighted by atomic mass is 35.5. The van der Waals surface area contributed by atoms with Crippen molar-refractivity contribution >= 4 is 24.8 Å². The molecule has 0 amide bonds. The zero-order valence-electron chi connectivity index (χ0n) is 6.65. The van der Waals surface area contributed by atoms with Gasteiger partial charge in [0.05, 0.1) is 5.41 Å². The number of nitrogens with two attached hydrogens (primary N) is 1. The molecule has 2 nitrogen and oxygen atoms in total. The van der Waals surface area contributed by atoms with Gasteiger partial charge in [-0.2, -0.15) is 13.2 Å². The van der Waals surface area contributed by atoms with Crippen LogP contribution in [-0.4, -0.2) is 11.7 Å². The van der Waals surface area contributed by atoms with Crippen LogP contribution >= 0.6 is 24.8 Å². The molecule has 0 radical (unpaired) electrons. The summed E-state index contributed by atoms with van der Waals surface area (Å²) in [6.45, 7) is 0. The first-order valence-electron chi connectivity index (χ1n) is 3.48. The Morgan fingerprint density at radius 1 is 1.08 bits per heavy atom. The zero-order valence-corrected chi connectivity index (χ0v) is 8.28. The lowest BCUT2D eigenvalue weighted by atomic mass is 9.39. The van der Waals surface area contributed by atoms with Crippen molar-refractivity contribution < 1.29 is 13.2 Å². The predicted octanol–water partition coefficient (Wildman–Crippen LogP) is 1.78. The van der Waals surface area contributed by atoms with E-state index in [9.17, 15) is 13.2 Å². The topological polar surface area (TPSA) is 38.0 Å². The molecule has 13 heavy (non-hydrogen) atoms. The number of nitrogens with one attached hydrogen (secondary N) is 1. The third kappa shape index (κ3) is 1.42. The van der Waals surface area contributed by atoms with Crippen molar-refractivity contribution in [2.24, 2.45) is 11.3 Å². The van der Waals surface area contributed by atoms with E-state index in [1.54, 1.807) is 0 Å². The summed E-state index contributed by atoms with van der Waals surface area (Å²) in [4.78, 5) is 0. The van der Waals surface area contributed by atoms with E-state index in [2.05, 4.69) is 5.43 Å². The van der Waals surface area contributed by atoms with Crippen molar-refractivity contribution in [3.63, 3.8) is 0 Å². The molecule has 80 valence electrons. The van der Waals surface area contributed by atoms with E-state index >= 15 is 0 Å². The Morgan fingerprint density at radius 2 is 1.46 bits per heavy atom. The van der Waals surface area contributed by atoms with E-state index in [1.165, 1.54) is 0 Å². The minimum atomic E-state index is -4.02. The summed E-state index contributed by atoms with van der Waals surface area (Å²) in [5.74, 6) is 5.09. The molecule has 3 aliphatic carbocycles. The third-order valence-corrected chi connectivity index (χ3v) is 2.94. The lowest BCUT2D eigenvalue weighted by Crippen LogP contribution is -2.79. The normalized spacial score (nSPS) is 40.6. The zero-order chi connectivity index (χ0) is 8.33. The Kier molecular flexibility index (Phi) is 3.22. The Labute approximate surface area is 86.2 Å². The largest absolute Gasteiger partial charge is 0.394 e. The quantitative estimate of drug-likeness (QED) is 0.540.